The summed E-state index contributed by atoms with van der Waals surface area (Å²) in [6.07, 6.45) is 4.64. The van der Waals surface area contributed by atoms with E-state index in [9.17, 15) is 9.59 Å². The Labute approximate surface area is 117 Å². The number of rotatable bonds is 4. The largest absolute Gasteiger partial charge is 0.480 e. The zero-order chi connectivity index (χ0) is 14.7. The van der Waals surface area contributed by atoms with Crippen LogP contribution in [-0.2, 0) is 11.3 Å². The van der Waals surface area contributed by atoms with E-state index in [1.807, 2.05) is 0 Å². The number of hydrogen-bond donors (Lipinski definition) is 2. The number of aliphatic carboxylic acids is 1. The fourth-order valence-corrected chi connectivity index (χ4v) is 2.65. The van der Waals surface area contributed by atoms with Crippen molar-refractivity contribution in [3.05, 3.63) is 11.9 Å². The SMILES string of the molecule is CC1CCCC(NC(=O)c2cn(CC(=O)O)nn2)C1C. The van der Waals surface area contributed by atoms with Crippen LogP contribution >= 0.6 is 0 Å². The van der Waals surface area contributed by atoms with Crippen LogP contribution in [-0.4, -0.2) is 38.0 Å². The number of carbonyl (C=O) groups excluding carboxylic acids is 1. The number of carboxylic acids is 1. The predicted molar refractivity (Wildman–Crippen MR) is 71.1 cm³/mol. The Kier molecular flexibility index (Phi) is 4.36. The molecule has 0 aromatic carbocycles. The van der Waals surface area contributed by atoms with Crippen molar-refractivity contribution in [2.24, 2.45) is 11.8 Å². The molecule has 0 saturated heterocycles. The molecule has 1 saturated carbocycles. The van der Waals surface area contributed by atoms with Gasteiger partial charge in [-0.1, -0.05) is 31.9 Å². The topological polar surface area (TPSA) is 97.1 Å². The number of aromatic nitrogens is 3. The maximum absolute atomic E-state index is 12.1. The number of nitrogens with zero attached hydrogens (tertiary/aromatic N) is 3. The van der Waals surface area contributed by atoms with Crippen LogP contribution in [0.2, 0.25) is 0 Å². The second kappa shape index (κ2) is 6.02. The van der Waals surface area contributed by atoms with E-state index in [1.165, 1.54) is 12.6 Å². The van der Waals surface area contributed by atoms with Crippen molar-refractivity contribution in [2.75, 3.05) is 0 Å². The van der Waals surface area contributed by atoms with Crippen molar-refractivity contribution in [1.82, 2.24) is 20.3 Å². The van der Waals surface area contributed by atoms with E-state index in [2.05, 4.69) is 29.5 Å². The summed E-state index contributed by atoms with van der Waals surface area (Å²) in [7, 11) is 0. The van der Waals surface area contributed by atoms with Crippen molar-refractivity contribution >= 4 is 11.9 Å². The van der Waals surface area contributed by atoms with E-state index < -0.39 is 5.97 Å². The van der Waals surface area contributed by atoms with Crippen LogP contribution < -0.4 is 5.32 Å². The molecule has 0 bridgehead atoms. The zero-order valence-corrected chi connectivity index (χ0v) is 11.7. The summed E-state index contributed by atoms with van der Waals surface area (Å²) in [5.41, 5.74) is 0.164. The summed E-state index contributed by atoms with van der Waals surface area (Å²) < 4.78 is 1.14. The van der Waals surface area contributed by atoms with Crippen LogP contribution in [0.5, 0.6) is 0 Å². The first-order valence-electron chi connectivity index (χ1n) is 6.90. The standard InChI is InChI=1S/C13H20N4O3/c1-8-4-3-5-10(9(8)2)14-13(20)11-6-17(16-15-11)7-12(18)19/h6,8-10H,3-5,7H2,1-2H3,(H,14,20)(H,18,19). The Morgan fingerprint density at radius 2 is 2.20 bits per heavy atom. The van der Waals surface area contributed by atoms with Crippen LogP contribution in [0.25, 0.3) is 0 Å². The molecule has 0 spiro atoms. The van der Waals surface area contributed by atoms with Crippen molar-refractivity contribution in [2.45, 2.75) is 45.7 Å². The molecule has 1 aliphatic rings. The van der Waals surface area contributed by atoms with Crippen molar-refractivity contribution in [3.63, 3.8) is 0 Å². The lowest BCUT2D eigenvalue weighted by molar-refractivity contribution is -0.137. The molecule has 3 atom stereocenters. The average Bonchev–Trinajstić information content (AvgIpc) is 2.82. The van der Waals surface area contributed by atoms with Crippen LogP contribution in [0.3, 0.4) is 0 Å². The normalized spacial score (nSPS) is 26.2. The van der Waals surface area contributed by atoms with Gasteiger partial charge in [0.1, 0.15) is 6.54 Å². The number of nitrogens with one attached hydrogen (secondary N) is 1. The minimum Gasteiger partial charge on any atom is -0.480 e. The Morgan fingerprint density at radius 1 is 1.45 bits per heavy atom. The molecule has 0 radical (unpaired) electrons. The van der Waals surface area contributed by atoms with Crippen molar-refractivity contribution < 1.29 is 14.7 Å². The fraction of sp³-hybridized carbons (Fsp3) is 0.692. The summed E-state index contributed by atoms with van der Waals surface area (Å²) in [5.74, 6) is -0.275. The minimum absolute atomic E-state index is 0.149. The predicted octanol–water partition coefficient (Wildman–Crippen LogP) is 0.917. The molecule has 1 aliphatic carbocycles. The highest BCUT2D eigenvalue weighted by molar-refractivity contribution is 5.92. The second-order valence-electron chi connectivity index (χ2n) is 5.54. The Morgan fingerprint density at radius 3 is 2.90 bits per heavy atom. The van der Waals surface area contributed by atoms with Gasteiger partial charge in [-0.2, -0.15) is 0 Å². The third kappa shape index (κ3) is 3.34. The summed E-state index contributed by atoms with van der Waals surface area (Å²) in [6.45, 7) is 4.05. The molecule has 20 heavy (non-hydrogen) atoms. The lowest BCUT2D eigenvalue weighted by Crippen LogP contribution is -2.43. The lowest BCUT2D eigenvalue weighted by atomic mass is 9.78. The zero-order valence-electron chi connectivity index (χ0n) is 11.7. The minimum atomic E-state index is -1.02. The summed E-state index contributed by atoms with van der Waals surface area (Å²) in [4.78, 5) is 22.6. The second-order valence-corrected chi connectivity index (χ2v) is 5.54. The van der Waals surface area contributed by atoms with Gasteiger partial charge in [-0.15, -0.1) is 5.10 Å². The highest BCUT2D eigenvalue weighted by Gasteiger charge is 2.28. The van der Waals surface area contributed by atoms with Gasteiger partial charge in [0.05, 0.1) is 6.20 Å². The van der Waals surface area contributed by atoms with Gasteiger partial charge in [0.2, 0.25) is 0 Å². The van der Waals surface area contributed by atoms with Gasteiger partial charge in [-0.25, -0.2) is 4.68 Å². The van der Waals surface area contributed by atoms with Crippen LogP contribution in [0.15, 0.2) is 6.20 Å². The van der Waals surface area contributed by atoms with Crippen molar-refractivity contribution in [3.8, 4) is 0 Å². The molecular formula is C13H20N4O3. The first kappa shape index (κ1) is 14.5. The fourth-order valence-electron chi connectivity index (χ4n) is 2.65. The maximum Gasteiger partial charge on any atom is 0.325 e. The molecule has 0 aliphatic heterocycles. The van der Waals surface area contributed by atoms with Gasteiger partial charge in [0, 0.05) is 6.04 Å². The molecular weight excluding hydrogens is 260 g/mol. The molecule has 2 rings (SSSR count). The molecule has 1 aromatic heterocycles. The quantitative estimate of drug-likeness (QED) is 0.854. The molecule has 1 amide bonds. The average molecular weight is 280 g/mol. The maximum atomic E-state index is 12.1. The number of amides is 1. The van der Waals surface area contributed by atoms with E-state index in [4.69, 9.17) is 5.11 Å². The van der Waals surface area contributed by atoms with Gasteiger partial charge in [-0.3, -0.25) is 9.59 Å². The molecule has 110 valence electrons. The Hall–Kier alpha value is -1.92. The van der Waals surface area contributed by atoms with Crippen LogP contribution in [0.1, 0.15) is 43.6 Å². The highest BCUT2D eigenvalue weighted by Crippen LogP contribution is 2.29. The third-order valence-corrected chi connectivity index (χ3v) is 4.09. The van der Waals surface area contributed by atoms with E-state index in [1.54, 1.807) is 0 Å². The molecule has 1 aromatic rings. The van der Waals surface area contributed by atoms with Crippen molar-refractivity contribution in [1.29, 1.82) is 0 Å². The summed E-state index contributed by atoms with van der Waals surface area (Å²) >= 11 is 0. The number of carboxylic acid groups (broad SMARTS) is 1. The third-order valence-electron chi connectivity index (χ3n) is 4.09. The number of hydrogen-bond acceptors (Lipinski definition) is 4. The van der Waals surface area contributed by atoms with E-state index in [0.717, 1.165) is 17.5 Å². The Bertz CT molecular complexity index is 500. The first-order chi connectivity index (χ1) is 9.47. The summed E-state index contributed by atoms with van der Waals surface area (Å²) in [6, 6.07) is 0.149. The summed E-state index contributed by atoms with van der Waals surface area (Å²) in [5, 5.41) is 19.0. The monoisotopic (exact) mass is 280 g/mol. The van der Waals surface area contributed by atoms with Gasteiger partial charge in [0.15, 0.2) is 5.69 Å². The van der Waals surface area contributed by atoms with Gasteiger partial charge < -0.3 is 10.4 Å². The van der Waals surface area contributed by atoms with Crippen LogP contribution in [0.4, 0.5) is 0 Å². The molecule has 1 fully saturated rings. The van der Waals surface area contributed by atoms with E-state index in [-0.39, 0.29) is 24.2 Å². The molecule has 7 nitrogen and oxygen atoms in total. The molecule has 1 heterocycles. The van der Waals surface area contributed by atoms with Crippen LogP contribution in [0, 0.1) is 11.8 Å². The van der Waals surface area contributed by atoms with E-state index in [0.29, 0.717) is 11.8 Å². The van der Waals surface area contributed by atoms with Gasteiger partial charge in [0.25, 0.3) is 5.91 Å². The van der Waals surface area contributed by atoms with E-state index >= 15 is 0 Å². The smallest absolute Gasteiger partial charge is 0.325 e. The molecule has 3 unspecified atom stereocenters. The first-order valence-corrected chi connectivity index (χ1v) is 6.90. The lowest BCUT2D eigenvalue weighted by Gasteiger charge is -2.34. The molecule has 7 heteroatoms. The highest BCUT2D eigenvalue weighted by atomic mass is 16.4. The van der Waals surface area contributed by atoms with Gasteiger partial charge in [-0.05, 0) is 18.3 Å². The van der Waals surface area contributed by atoms with Gasteiger partial charge >= 0.3 is 5.97 Å². The number of carbonyl (C=O) groups is 2. The Balaban J connectivity index is 1.97. The molecule has 2 N–H and O–H groups in total.